The van der Waals surface area contributed by atoms with Gasteiger partial charge in [0.25, 0.3) is 0 Å². The quantitative estimate of drug-likeness (QED) is 0.392. The Kier molecular flexibility index (Phi) is 7.76. The molecule has 0 aliphatic rings. The fraction of sp³-hybridized carbons (Fsp3) is 0.318. The van der Waals surface area contributed by atoms with Gasteiger partial charge in [0.1, 0.15) is 0 Å². The normalized spacial score (nSPS) is 10.9. The van der Waals surface area contributed by atoms with Crippen LogP contribution in [0.1, 0.15) is 29.8 Å². The van der Waals surface area contributed by atoms with E-state index in [0.29, 0.717) is 29.3 Å². The number of carbonyl (C=O) groups is 2. The summed E-state index contributed by atoms with van der Waals surface area (Å²) in [6, 6.07) is 12.9. The number of benzene rings is 2. The van der Waals surface area contributed by atoms with E-state index in [4.69, 9.17) is 16.3 Å². The van der Waals surface area contributed by atoms with Gasteiger partial charge in [0, 0.05) is 18.1 Å². The predicted octanol–water partition coefficient (Wildman–Crippen LogP) is 4.34. The van der Waals surface area contributed by atoms with Crippen molar-refractivity contribution in [3.63, 3.8) is 0 Å². The average molecular weight is 446 g/mol. The molecule has 3 aromatic rings. The zero-order valence-corrected chi connectivity index (χ0v) is 18.6. The van der Waals surface area contributed by atoms with E-state index in [1.165, 1.54) is 11.8 Å². The Morgan fingerprint density at radius 1 is 1.17 bits per heavy atom. The van der Waals surface area contributed by atoms with Crippen LogP contribution in [0.15, 0.2) is 47.6 Å². The second kappa shape index (κ2) is 10.5. The maximum Gasteiger partial charge on any atom is 0.338 e. The van der Waals surface area contributed by atoms with Gasteiger partial charge < -0.3 is 14.6 Å². The summed E-state index contributed by atoms with van der Waals surface area (Å²) in [5.74, 6) is -0.134. The van der Waals surface area contributed by atoms with Gasteiger partial charge >= 0.3 is 5.97 Å². The molecule has 0 radical (unpaired) electrons. The summed E-state index contributed by atoms with van der Waals surface area (Å²) in [6.07, 6.45) is 0.748. The Bertz CT molecular complexity index is 1030. The maximum atomic E-state index is 12.2. The molecule has 0 unspecified atom stereocenters. The first kappa shape index (κ1) is 22.2. The van der Waals surface area contributed by atoms with Gasteiger partial charge in [0.05, 0.1) is 29.0 Å². The lowest BCUT2D eigenvalue weighted by Crippen LogP contribution is -2.27. The van der Waals surface area contributed by atoms with E-state index in [-0.39, 0.29) is 17.6 Å². The van der Waals surface area contributed by atoms with Crippen molar-refractivity contribution in [1.29, 1.82) is 0 Å². The molecular formula is C22H24ClN3O3S. The van der Waals surface area contributed by atoms with E-state index in [1.54, 1.807) is 19.1 Å². The van der Waals surface area contributed by atoms with Crippen LogP contribution in [0.2, 0.25) is 5.02 Å². The molecule has 0 saturated carbocycles. The van der Waals surface area contributed by atoms with Crippen molar-refractivity contribution in [2.45, 2.75) is 32.0 Å². The molecule has 0 bridgehead atoms. The molecule has 0 saturated heterocycles. The fourth-order valence-electron chi connectivity index (χ4n) is 3.04. The lowest BCUT2D eigenvalue weighted by Gasteiger charge is -2.07. The zero-order chi connectivity index (χ0) is 21.5. The van der Waals surface area contributed by atoms with Crippen molar-refractivity contribution in [3.05, 3.63) is 58.6 Å². The third kappa shape index (κ3) is 5.55. The molecule has 8 heteroatoms. The molecule has 1 N–H and O–H groups in total. The Hall–Kier alpha value is -2.51. The average Bonchev–Trinajstić information content (AvgIpc) is 3.10. The maximum absolute atomic E-state index is 12.2. The van der Waals surface area contributed by atoms with Crippen LogP contribution in [0.25, 0.3) is 11.0 Å². The largest absolute Gasteiger partial charge is 0.462 e. The summed E-state index contributed by atoms with van der Waals surface area (Å²) in [4.78, 5) is 28.8. The summed E-state index contributed by atoms with van der Waals surface area (Å²) in [7, 11) is 0. The lowest BCUT2D eigenvalue weighted by molar-refractivity contribution is -0.118. The van der Waals surface area contributed by atoms with E-state index in [9.17, 15) is 9.59 Å². The van der Waals surface area contributed by atoms with Crippen LogP contribution < -0.4 is 5.32 Å². The number of amides is 1. The Labute approximate surface area is 185 Å². The van der Waals surface area contributed by atoms with Gasteiger partial charge in [-0.25, -0.2) is 9.78 Å². The standard InChI is InChI=1S/C22H24ClN3O3S/c1-3-26-19-10-7-16(21(28)29-4-2)13-18(19)25-22(26)30-14-20(27)24-12-11-15-5-8-17(23)9-6-15/h5-10,13H,3-4,11-12,14H2,1-2H3,(H,24,27). The number of ether oxygens (including phenoxy) is 1. The second-order valence-electron chi connectivity index (χ2n) is 6.58. The molecule has 0 atom stereocenters. The highest BCUT2D eigenvalue weighted by molar-refractivity contribution is 7.99. The smallest absolute Gasteiger partial charge is 0.338 e. The number of thioether (sulfide) groups is 1. The number of nitrogens with zero attached hydrogens (tertiary/aromatic N) is 2. The molecule has 30 heavy (non-hydrogen) atoms. The Balaban J connectivity index is 1.59. The number of hydrogen-bond donors (Lipinski definition) is 1. The van der Waals surface area contributed by atoms with Crippen molar-refractivity contribution in [2.75, 3.05) is 18.9 Å². The summed E-state index contributed by atoms with van der Waals surface area (Å²) in [6.45, 7) is 5.41. The van der Waals surface area contributed by atoms with Gasteiger partial charge in [-0.05, 0) is 56.2 Å². The number of carbonyl (C=O) groups excluding carboxylic acids is 2. The molecule has 1 aromatic heterocycles. The first-order chi connectivity index (χ1) is 14.5. The van der Waals surface area contributed by atoms with Crippen LogP contribution >= 0.6 is 23.4 Å². The molecule has 3 rings (SSSR count). The van der Waals surface area contributed by atoms with Crippen molar-refractivity contribution < 1.29 is 14.3 Å². The molecule has 0 fully saturated rings. The monoisotopic (exact) mass is 445 g/mol. The number of esters is 1. The summed E-state index contributed by atoms with van der Waals surface area (Å²) < 4.78 is 7.09. The third-order valence-electron chi connectivity index (χ3n) is 4.52. The van der Waals surface area contributed by atoms with Gasteiger partial charge in [-0.2, -0.15) is 0 Å². The van der Waals surface area contributed by atoms with E-state index >= 15 is 0 Å². The van der Waals surface area contributed by atoms with E-state index in [2.05, 4.69) is 10.3 Å². The van der Waals surface area contributed by atoms with Crippen molar-refractivity contribution in [1.82, 2.24) is 14.9 Å². The Morgan fingerprint density at radius 2 is 1.93 bits per heavy atom. The number of nitrogens with one attached hydrogen (secondary N) is 1. The minimum Gasteiger partial charge on any atom is -0.462 e. The van der Waals surface area contributed by atoms with Gasteiger partial charge in [0.2, 0.25) is 5.91 Å². The first-order valence-electron chi connectivity index (χ1n) is 9.83. The van der Waals surface area contributed by atoms with Gasteiger partial charge in [-0.3, -0.25) is 4.79 Å². The molecule has 1 amide bonds. The van der Waals surface area contributed by atoms with Crippen LogP contribution in [-0.2, 0) is 22.5 Å². The number of imidazole rings is 1. The van der Waals surface area contributed by atoms with Gasteiger partial charge in [-0.15, -0.1) is 0 Å². The highest BCUT2D eigenvalue weighted by Crippen LogP contribution is 2.25. The minimum absolute atomic E-state index is 0.0455. The van der Waals surface area contributed by atoms with Crippen LogP contribution in [0.4, 0.5) is 0 Å². The van der Waals surface area contributed by atoms with Gasteiger partial charge in [-0.1, -0.05) is 35.5 Å². The van der Waals surface area contributed by atoms with Crippen LogP contribution in [0.3, 0.4) is 0 Å². The van der Waals surface area contributed by atoms with Crippen molar-refractivity contribution in [3.8, 4) is 0 Å². The molecule has 0 spiro atoms. The number of halogens is 1. The highest BCUT2D eigenvalue weighted by atomic mass is 35.5. The molecule has 6 nitrogen and oxygen atoms in total. The topological polar surface area (TPSA) is 73.2 Å². The highest BCUT2D eigenvalue weighted by Gasteiger charge is 2.15. The zero-order valence-electron chi connectivity index (χ0n) is 17.0. The van der Waals surface area contributed by atoms with Crippen molar-refractivity contribution >= 4 is 46.3 Å². The van der Waals surface area contributed by atoms with E-state index < -0.39 is 0 Å². The molecule has 0 aliphatic carbocycles. The molecule has 0 aliphatic heterocycles. The first-order valence-corrected chi connectivity index (χ1v) is 11.2. The SMILES string of the molecule is CCOC(=O)c1ccc2c(c1)nc(SCC(=O)NCCc1ccc(Cl)cc1)n2CC. The number of aryl methyl sites for hydroxylation is 1. The third-order valence-corrected chi connectivity index (χ3v) is 5.75. The fourth-order valence-corrected chi connectivity index (χ4v) is 4.08. The Morgan fingerprint density at radius 3 is 2.63 bits per heavy atom. The number of hydrogen-bond acceptors (Lipinski definition) is 5. The number of rotatable bonds is 9. The van der Waals surface area contributed by atoms with Crippen LogP contribution in [0, 0.1) is 0 Å². The molecular weight excluding hydrogens is 422 g/mol. The van der Waals surface area contributed by atoms with Crippen molar-refractivity contribution in [2.24, 2.45) is 0 Å². The predicted molar refractivity (Wildman–Crippen MR) is 120 cm³/mol. The van der Waals surface area contributed by atoms with Gasteiger partial charge in [0.15, 0.2) is 5.16 Å². The van der Waals surface area contributed by atoms with Crippen LogP contribution in [0.5, 0.6) is 0 Å². The summed E-state index contributed by atoms with van der Waals surface area (Å²) in [5.41, 5.74) is 3.24. The number of aromatic nitrogens is 2. The molecule has 1 heterocycles. The van der Waals surface area contributed by atoms with E-state index in [1.807, 2.05) is 41.8 Å². The van der Waals surface area contributed by atoms with E-state index in [0.717, 1.165) is 29.2 Å². The molecule has 2 aromatic carbocycles. The lowest BCUT2D eigenvalue weighted by atomic mass is 10.1. The number of fused-ring (bicyclic) bond motifs is 1. The second-order valence-corrected chi connectivity index (χ2v) is 7.96. The minimum atomic E-state index is -0.361. The molecule has 158 valence electrons. The summed E-state index contributed by atoms with van der Waals surface area (Å²) >= 11 is 7.27. The van der Waals surface area contributed by atoms with Crippen LogP contribution in [-0.4, -0.2) is 40.3 Å². The summed E-state index contributed by atoms with van der Waals surface area (Å²) in [5, 5.41) is 4.39.